The van der Waals surface area contributed by atoms with Gasteiger partial charge in [0.2, 0.25) is 0 Å². The van der Waals surface area contributed by atoms with Gasteiger partial charge in [-0.25, -0.2) is 4.57 Å². The van der Waals surface area contributed by atoms with Crippen LogP contribution in [0.15, 0.2) is 41.2 Å². The topological polar surface area (TPSA) is 25.6 Å². The number of rotatable bonds is 6. The van der Waals surface area contributed by atoms with Crippen LogP contribution in [-0.4, -0.2) is 44.4 Å². The highest BCUT2D eigenvalue weighted by atomic mass is 32.1. The Kier molecular flexibility index (Phi) is 5.30. The third kappa shape index (κ3) is 3.66. The van der Waals surface area contributed by atoms with Gasteiger partial charge in [0, 0.05) is 37.9 Å². The van der Waals surface area contributed by atoms with Crippen molar-refractivity contribution in [1.82, 2.24) is 4.90 Å². The number of ether oxygens (including phenoxy) is 2. The van der Waals surface area contributed by atoms with E-state index in [2.05, 4.69) is 50.7 Å². The molecule has 0 amide bonds. The zero-order valence-electron chi connectivity index (χ0n) is 16.2. The van der Waals surface area contributed by atoms with Crippen molar-refractivity contribution in [2.45, 2.75) is 25.8 Å². The summed E-state index contributed by atoms with van der Waals surface area (Å²) in [5, 5.41) is 7.09. The van der Waals surface area contributed by atoms with Crippen molar-refractivity contribution in [1.29, 1.82) is 0 Å². The summed E-state index contributed by atoms with van der Waals surface area (Å²) in [6.45, 7) is 6.79. The summed E-state index contributed by atoms with van der Waals surface area (Å²) in [4.78, 5) is 2.46. The Morgan fingerprint density at radius 1 is 1.14 bits per heavy atom. The van der Waals surface area contributed by atoms with E-state index in [0.717, 1.165) is 64.6 Å². The molecule has 0 atom stereocenters. The number of hydrogen-bond acceptors (Lipinski definition) is 4. The first kappa shape index (κ1) is 18.1. The summed E-state index contributed by atoms with van der Waals surface area (Å²) in [5.74, 6) is 0.992. The third-order valence-corrected chi connectivity index (χ3v) is 6.54. The molecule has 0 bridgehead atoms. The van der Waals surface area contributed by atoms with E-state index < -0.39 is 0 Å². The SMILES string of the molecule is c1cc(-c2c[n+]3c(c4cc(OCCCN5CCOCC5)ccc24)CCC3)cs1. The number of nitrogens with zero attached hydrogens (tertiary/aromatic N) is 2. The molecule has 3 aromatic rings. The number of aromatic nitrogens is 1. The van der Waals surface area contributed by atoms with Gasteiger partial charge in [-0.15, -0.1) is 0 Å². The molecule has 1 aromatic carbocycles. The third-order valence-electron chi connectivity index (χ3n) is 5.86. The molecule has 0 unspecified atom stereocenters. The van der Waals surface area contributed by atoms with Gasteiger partial charge in [-0.1, -0.05) is 0 Å². The highest BCUT2D eigenvalue weighted by Gasteiger charge is 2.25. The van der Waals surface area contributed by atoms with E-state index in [1.165, 1.54) is 34.0 Å². The monoisotopic (exact) mass is 395 g/mol. The van der Waals surface area contributed by atoms with E-state index in [1.807, 2.05) is 0 Å². The molecule has 0 N–H and O–H groups in total. The van der Waals surface area contributed by atoms with Gasteiger partial charge >= 0.3 is 0 Å². The van der Waals surface area contributed by atoms with Crippen LogP contribution in [0.4, 0.5) is 0 Å². The molecule has 5 rings (SSSR count). The fourth-order valence-electron chi connectivity index (χ4n) is 4.39. The van der Waals surface area contributed by atoms with Gasteiger partial charge in [-0.05, 0) is 47.0 Å². The second-order valence-electron chi connectivity index (χ2n) is 7.66. The fourth-order valence-corrected chi connectivity index (χ4v) is 5.05. The lowest BCUT2D eigenvalue weighted by Crippen LogP contribution is -2.37. The van der Waals surface area contributed by atoms with E-state index in [-0.39, 0.29) is 0 Å². The molecule has 0 spiro atoms. The van der Waals surface area contributed by atoms with Crippen LogP contribution in [0.1, 0.15) is 18.5 Å². The molecule has 28 heavy (non-hydrogen) atoms. The summed E-state index contributed by atoms with van der Waals surface area (Å²) in [5.41, 5.74) is 4.10. The maximum Gasteiger partial charge on any atom is 0.189 e. The van der Waals surface area contributed by atoms with E-state index in [0.29, 0.717) is 0 Å². The first-order chi connectivity index (χ1) is 13.9. The van der Waals surface area contributed by atoms with Crippen LogP contribution >= 0.6 is 11.3 Å². The van der Waals surface area contributed by atoms with E-state index in [1.54, 1.807) is 11.3 Å². The van der Waals surface area contributed by atoms with Crippen molar-refractivity contribution < 1.29 is 14.0 Å². The number of benzene rings is 1. The normalized spacial score (nSPS) is 17.1. The highest BCUT2D eigenvalue weighted by molar-refractivity contribution is 7.08. The van der Waals surface area contributed by atoms with Gasteiger partial charge in [0.15, 0.2) is 11.9 Å². The van der Waals surface area contributed by atoms with Gasteiger partial charge in [-0.3, -0.25) is 4.90 Å². The van der Waals surface area contributed by atoms with Crippen LogP contribution in [0.5, 0.6) is 5.75 Å². The van der Waals surface area contributed by atoms with Crippen LogP contribution in [0.2, 0.25) is 0 Å². The minimum absolute atomic E-state index is 0.766. The molecule has 146 valence electrons. The van der Waals surface area contributed by atoms with Crippen molar-refractivity contribution >= 4 is 22.1 Å². The Labute approximate surface area is 170 Å². The van der Waals surface area contributed by atoms with Gasteiger partial charge in [-0.2, -0.15) is 11.3 Å². The summed E-state index contributed by atoms with van der Waals surface area (Å²) >= 11 is 1.76. The Hall–Kier alpha value is -1.95. The van der Waals surface area contributed by atoms with Crippen molar-refractivity contribution in [2.75, 3.05) is 39.5 Å². The summed E-state index contributed by atoms with van der Waals surface area (Å²) in [7, 11) is 0. The molecule has 2 aliphatic rings. The summed E-state index contributed by atoms with van der Waals surface area (Å²) in [6.07, 6.45) is 5.78. The average molecular weight is 396 g/mol. The molecule has 0 saturated carbocycles. The number of pyridine rings is 1. The van der Waals surface area contributed by atoms with Gasteiger partial charge in [0.1, 0.15) is 12.3 Å². The van der Waals surface area contributed by atoms with Gasteiger partial charge in [0.25, 0.3) is 0 Å². The molecule has 1 saturated heterocycles. The number of aryl methyl sites for hydroxylation is 2. The van der Waals surface area contributed by atoms with E-state index >= 15 is 0 Å². The first-order valence-corrected chi connectivity index (χ1v) is 11.3. The van der Waals surface area contributed by atoms with Gasteiger partial charge in [0.05, 0.1) is 30.8 Å². The predicted octanol–water partition coefficient (Wildman–Crippen LogP) is 3.90. The molecule has 0 aliphatic carbocycles. The predicted molar refractivity (Wildman–Crippen MR) is 113 cm³/mol. The molecule has 1 fully saturated rings. The van der Waals surface area contributed by atoms with Gasteiger partial charge < -0.3 is 9.47 Å². The van der Waals surface area contributed by atoms with Crippen LogP contribution < -0.4 is 9.30 Å². The van der Waals surface area contributed by atoms with Crippen molar-refractivity contribution in [3.63, 3.8) is 0 Å². The number of hydrogen-bond donors (Lipinski definition) is 0. The number of thiophene rings is 1. The smallest absolute Gasteiger partial charge is 0.189 e. The second-order valence-corrected chi connectivity index (χ2v) is 8.44. The molecule has 4 nitrogen and oxygen atoms in total. The van der Waals surface area contributed by atoms with Crippen molar-refractivity contribution in [3.8, 4) is 16.9 Å². The Balaban J connectivity index is 1.35. The lowest BCUT2D eigenvalue weighted by atomic mass is 10.00. The largest absolute Gasteiger partial charge is 0.494 e. The van der Waals surface area contributed by atoms with Crippen LogP contribution in [0, 0.1) is 0 Å². The molecule has 2 aliphatic heterocycles. The van der Waals surface area contributed by atoms with Crippen LogP contribution in [-0.2, 0) is 17.7 Å². The Morgan fingerprint density at radius 2 is 2.07 bits per heavy atom. The summed E-state index contributed by atoms with van der Waals surface area (Å²) in [6, 6.07) is 8.87. The Morgan fingerprint density at radius 3 is 2.93 bits per heavy atom. The average Bonchev–Trinajstić information content (AvgIpc) is 3.43. The minimum atomic E-state index is 0.766. The standard InChI is InChI=1S/C23H27N2O2S/c1-3-23-21-15-19(27-11-2-7-24-9-12-26-13-10-24)4-5-20(21)22(16-25(23)8-1)18-6-14-28-17-18/h4-6,14-17H,1-3,7-13H2/q+1. The zero-order valence-corrected chi connectivity index (χ0v) is 17.0. The van der Waals surface area contributed by atoms with E-state index in [4.69, 9.17) is 9.47 Å². The second kappa shape index (κ2) is 8.19. The highest BCUT2D eigenvalue weighted by Crippen LogP contribution is 2.34. The number of morpholine rings is 1. The molecular formula is C23H27N2O2S+. The Bertz CT molecular complexity index is 949. The molecular weight excluding hydrogens is 368 g/mol. The van der Waals surface area contributed by atoms with Crippen LogP contribution in [0.25, 0.3) is 21.9 Å². The lowest BCUT2D eigenvalue weighted by molar-refractivity contribution is -0.688. The van der Waals surface area contributed by atoms with Crippen LogP contribution in [0.3, 0.4) is 0 Å². The minimum Gasteiger partial charge on any atom is -0.494 e. The zero-order chi connectivity index (χ0) is 18.8. The quantitative estimate of drug-likeness (QED) is 0.468. The maximum atomic E-state index is 6.13. The molecule has 4 heterocycles. The summed E-state index contributed by atoms with van der Waals surface area (Å²) < 4.78 is 14.0. The van der Waals surface area contributed by atoms with Crippen molar-refractivity contribution in [3.05, 3.63) is 46.9 Å². The molecule has 5 heteroatoms. The number of fused-ring (bicyclic) bond motifs is 3. The molecule has 0 radical (unpaired) electrons. The molecule has 2 aromatic heterocycles. The first-order valence-electron chi connectivity index (χ1n) is 10.3. The maximum absolute atomic E-state index is 6.13. The van der Waals surface area contributed by atoms with E-state index in [9.17, 15) is 0 Å². The van der Waals surface area contributed by atoms with Crippen molar-refractivity contribution in [2.24, 2.45) is 0 Å². The lowest BCUT2D eigenvalue weighted by Gasteiger charge is -2.26. The fraction of sp³-hybridized carbons (Fsp3) is 0.435.